The van der Waals surface area contributed by atoms with E-state index in [2.05, 4.69) is 24.9 Å². The molecule has 1 heterocycles. The van der Waals surface area contributed by atoms with E-state index in [1.165, 1.54) is 24.3 Å². The van der Waals surface area contributed by atoms with Gasteiger partial charge in [0.05, 0.1) is 16.6 Å². The second-order valence-electron chi connectivity index (χ2n) is 8.90. The van der Waals surface area contributed by atoms with Gasteiger partial charge in [-0.3, -0.25) is 4.79 Å². The fourth-order valence-electron chi connectivity index (χ4n) is 4.01. The molecule has 0 saturated carbocycles. The van der Waals surface area contributed by atoms with Gasteiger partial charge in [-0.2, -0.15) is 13.2 Å². The number of nitrogens with one attached hydrogen (secondary N) is 1. The Morgan fingerprint density at radius 2 is 1.92 bits per heavy atom. The molecule has 0 aliphatic heterocycles. The number of aliphatic hydroxyl groups excluding tert-OH is 1. The number of thioether (sulfide) groups is 1. The summed E-state index contributed by atoms with van der Waals surface area (Å²) in [6.07, 6.45) is -0.938. The van der Waals surface area contributed by atoms with Gasteiger partial charge in [0.1, 0.15) is 19.0 Å². The lowest BCUT2D eigenvalue weighted by Gasteiger charge is -2.21. The molecule has 3 aromatic rings. The van der Waals surface area contributed by atoms with Crippen LogP contribution in [0.25, 0.3) is 22.0 Å². The molecule has 0 aliphatic carbocycles. The average molecular weight is 581 g/mol. The highest BCUT2D eigenvalue weighted by Crippen LogP contribution is 2.42. The molecule has 1 aromatic heterocycles. The van der Waals surface area contributed by atoms with Crippen molar-refractivity contribution in [3.63, 3.8) is 0 Å². The third kappa shape index (κ3) is 7.90. The van der Waals surface area contributed by atoms with Crippen LogP contribution in [0.3, 0.4) is 0 Å². The fourth-order valence-corrected chi connectivity index (χ4v) is 5.25. The molecule has 2 aromatic carbocycles. The largest absolute Gasteiger partial charge is 0.507 e. The Labute approximate surface area is 233 Å². The van der Waals surface area contributed by atoms with Crippen LogP contribution in [0, 0.1) is 0 Å². The number of aromatic amines is 1. The molecule has 39 heavy (non-hydrogen) atoms. The number of hydrogen-bond donors (Lipinski definition) is 3. The van der Waals surface area contributed by atoms with Gasteiger partial charge in [-0.15, -0.1) is 11.8 Å². The summed E-state index contributed by atoms with van der Waals surface area (Å²) >= 11 is 7.14. The zero-order chi connectivity index (χ0) is 28.7. The number of benzene rings is 2. The number of rotatable bonds is 13. The number of phenolic OH excluding ortho intramolecular Hbond substituents is 1. The van der Waals surface area contributed by atoms with Gasteiger partial charge in [-0.25, -0.2) is 4.58 Å². The number of halogens is 4. The van der Waals surface area contributed by atoms with Crippen molar-refractivity contribution in [3.05, 3.63) is 82.9 Å². The Morgan fingerprint density at radius 3 is 2.59 bits per heavy atom. The van der Waals surface area contributed by atoms with Gasteiger partial charge >= 0.3 is 6.18 Å². The number of pyridine rings is 1. The first-order valence-corrected chi connectivity index (χ1v) is 13.4. The zero-order valence-electron chi connectivity index (χ0n) is 21.2. The van der Waals surface area contributed by atoms with Gasteiger partial charge < -0.3 is 20.1 Å². The van der Waals surface area contributed by atoms with Gasteiger partial charge in [0.25, 0.3) is 5.56 Å². The molecule has 208 valence electrons. The van der Waals surface area contributed by atoms with E-state index in [1.807, 2.05) is 4.90 Å². The summed E-state index contributed by atoms with van der Waals surface area (Å²) in [4.78, 5) is 17.7. The van der Waals surface area contributed by atoms with E-state index in [1.54, 1.807) is 17.0 Å². The molecular formula is C28H30ClF3N3O3S+. The van der Waals surface area contributed by atoms with Crippen molar-refractivity contribution in [2.45, 2.75) is 30.0 Å². The first kappa shape index (κ1) is 30.3. The lowest BCUT2D eigenvalue weighted by atomic mass is 9.98. The van der Waals surface area contributed by atoms with Crippen LogP contribution in [0.15, 0.2) is 71.6 Å². The van der Waals surface area contributed by atoms with Crippen LogP contribution in [0.1, 0.15) is 18.4 Å². The van der Waals surface area contributed by atoms with Crippen LogP contribution < -0.4 is 5.56 Å². The normalized spacial score (nSPS) is 12.3. The number of aromatic hydroxyl groups is 1. The van der Waals surface area contributed by atoms with E-state index in [0.29, 0.717) is 26.1 Å². The maximum atomic E-state index is 13.5. The minimum Gasteiger partial charge on any atom is -0.507 e. The van der Waals surface area contributed by atoms with Gasteiger partial charge in [0.2, 0.25) is 0 Å². The van der Waals surface area contributed by atoms with E-state index in [9.17, 15) is 28.2 Å². The molecule has 3 rings (SSSR count). The molecule has 0 saturated heterocycles. The number of aromatic nitrogens is 1. The van der Waals surface area contributed by atoms with Crippen molar-refractivity contribution in [1.82, 2.24) is 9.88 Å². The predicted molar refractivity (Wildman–Crippen MR) is 152 cm³/mol. The molecule has 0 aliphatic rings. The first-order valence-electron chi connectivity index (χ1n) is 12.1. The van der Waals surface area contributed by atoms with Crippen LogP contribution in [-0.4, -0.2) is 62.9 Å². The Morgan fingerprint density at radius 1 is 1.18 bits per heavy atom. The average Bonchev–Trinajstić information content (AvgIpc) is 2.89. The third-order valence-electron chi connectivity index (χ3n) is 6.10. The van der Waals surface area contributed by atoms with Crippen molar-refractivity contribution in [2.75, 3.05) is 25.4 Å². The Balaban J connectivity index is 1.90. The highest BCUT2D eigenvalue weighted by atomic mass is 35.5. The Kier molecular flexibility index (Phi) is 10.3. The van der Waals surface area contributed by atoms with E-state index < -0.39 is 23.4 Å². The summed E-state index contributed by atoms with van der Waals surface area (Å²) in [5.41, 5.74) is -1.05. The van der Waals surface area contributed by atoms with Crippen molar-refractivity contribution < 1.29 is 28.0 Å². The molecule has 0 radical (unpaired) electrons. The van der Waals surface area contributed by atoms with Crippen molar-refractivity contribution in [1.29, 1.82) is 0 Å². The lowest BCUT2D eigenvalue weighted by Crippen LogP contribution is -2.26. The maximum Gasteiger partial charge on any atom is 0.416 e. The van der Waals surface area contributed by atoms with Crippen molar-refractivity contribution in [3.8, 4) is 16.9 Å². The minimum absolute atomic E-state index is 0.0685. The monoisotopic (exact) mass is 580 g/mol. The van der Waals surface area contributed by atoms with Crippen LogP contribution >= 0.6 is 23.4 Å². The van der Waals surface area contributed by atoms with Crippen molar-refractivity contribution in [2.24, 2.45) is 0 Å². The van der Waals surface area contributed by atoms with Crippen LogP contribution in [0.2, 0.25) is 5.02 Å². The topological polar surface area (TPSA) is 79.6 Å². The molecule has 11 heteroatoms. The van der Waals surface area contributed by atoms with E-state index in [0.717, 1.165) is 30.3 Å². The number of H-pyrrole nitrogens is 1. The van der Waals surface area contributed by atoms with Gasteiger partial charge in [0.15, 0.2) is 6.20 Å². The second kappa shape index (κ2) is 13.2. The minimum atomic E-state index is -4.61. The standard InChI is InChI=1S/C28H29ClF3N3O3S/c1-4-34(3)12-6-13-35(5-2)14-11-20(36)17-39-26-25(22-16-19(29)8-10-24(22)37)21-15-18(28(30,31)32)7-9-23(21)33-27(26)38/h4-5,7-10,15-16,20,36H,1-3,6,11-14,17H2,(H-,33,37,38)/p+1. The van der Waals surface area contributed by atoms with Crippen LogP contribution in [0.4, 0.5) is 13.2 Å². The number of alkyl halides is 3. The number of aliphatic hydroxyl groups is 1. The smallest absolute Gasteiger partial charge is 0.416 e. The SMILES string of the molecule is C=CN(CCC[N+](=C)C=C)CCC(O)CSc1c(-c2cc(Cl)ccc2O)c2cc(C(F)(F)F)ccc2[nH]c1=O. The number of nitrogens with zero attached hydrogens (tertiary/aromatic N) is 2. The maximum absolute atomic E-state index is 13.5. The second-order valence-corrected chi connectivity index (χ2v) is 10.4. The molecule has 1 atom stereocenters. The molecule has 0 amide bonds. The fraction of sp³-hybridized carbons (Fsp3) is 0.286. The molecule has 1 unspecified atom stereocenters. The molecule has 0 spiro atoms. The molecule has 6 nitrogen and oxygen atoms in total. The zero-order valence-corrected chi connectivity index (χ0v) is 22.7. The van der Waals surface area contributed by atoms with Crippen molar-refractivity contribution >= 4 is 41.0 Å². The molecular weight excluding hydrogens is 551 g/mol. The highest BCUT2D eigenvalue weighted by molar-refractivity contribution is 7.99. The van der Waals surface area contributed by atoms with Crippen LogP contribution in [-0.2, 0) is 6.18 Å². The van der Waals surface area contributed by atoms with Gasteiger partial charge in [0, 0.05) is 52.3 Å². The van der Waals surface area contributed by atoms with E-state index >= 15 is 0 Å². The lowest BCUT2D eigenvalue weighted by molar-refractivity contribution is -0.447. The quantitative estimate of drug-likeness (QED) is 0.129. The third-order valence-corrected chi connectivity index (χ3v) is 7.57. The predicted octanol–water partition coefficient (Wildman–Crippen LogP) is 6.11. The molecule has 0 bridgehead atoms. The Hall–Kier alpha value is -3.21. The summed E-state index contributed by atoms with van der Waals surface area (Å²) in [6, 6.07) is 7.14. The Bertz CT molecular complexity index is 1420. The summed E-state index contributed by atoms with van der Waals surface area (Å²) in [5, 5.41) is 21.6. The van der Waals surface area contributed by atoms with Gasteiger partial charge in [-0.1, -0.05) is 18.2 Å². The molecule has 3 N–H and O–H groups in total. The first-order chi connectivity index (χ1) is 18.4. The van der Waals surface area contributed by atoms with E-state index in [4.69, 9.17) is 11.6 Å². The summed E-state index contributed by atoms with van der Waals surface area (Å²) in [5.74, 6) is -0.152. The summed E-state index contributed by atoms with van der Waals surface area (Å²) in [6.45, 7) is 13.2. The number of hydrogen-bond acceptors (Lipinski definition) is 5. The summed E-state index contributed by atoms with van der Waals surface area (Å²) < 4.78 is 42.3. The number of phenols is 1. The number of fused-ring (bicyclic) bond motifs is 1. The van der Waals surface area contributed by atoms with Gasteiger partial charge in [-0.05, 0) is 55.6 Å². The molecule has 0 fully saturated rings. The van der Waals surface area contributed by atoms with E-state index in [-0.39, 0.29) is 43.5 Å². The summed E-state index contributed by atoms with van der Waals surface area (Å²) in [7, 11) is 0. The highest BCUT2D eigenvalue weighted by Gasteiger charge is 2.31. The van der Waals surface area contributed by atoms with Crippen LogP contribution in [0.5, 0.6) is 5.75 Å².